The van der Waals surface area contributed by atoms with Gasteiger partial charge in [0.15, 0.2) is 5.78 Å². The molecule has 0 amide bonds. The lowest BCUT2D eigenvalue weighted by Crippen LogP contribution is -2.00. The fourth-order valence-corrected chi connectivity index (χ4v) is 2.22. The van der Waals surface area contributed by atoms with Crippen molar-refractivity contribution in [3.05, 3.63) is 28.5 Å². The third-order valence-electron chi connectivity index (χ3n) is 2.04. The van der Waals surface area contributed by atoms with Crippen LogP contribution < -0.4 is 0 Å². The minimum atomic E-state index is 0.282. The third-order valence-corrected chi connectivity index (χ3v) is 2.99. The maximum atomic E-state index is 11.1. The Morgan fingerprint density at radius 1 is 1.33 bits per heavy atom. The van der Waals surface area contributed by atoms with Crippen molar-refractivity contribution in [2.45, 2.75) is 19.3 Å². The summed E-state index contributed by atoms with van der Waals surface area (Å²) < 4.78 is 0. The van der Waals surface area contributed by atoms with Crippen LogP contribution in [0, 0.1) is 0 Å². The van der Waals surface area contributed by atoms with E-state index in [4.69, 9.17) is 0 Å². The van der Waals surface area contributed by atoms with Gasteiger partial charge in [-0.05, 0) is 35.9 Å². The van der Waals surface area contributed by atoms with Crippen LogP contribution in [-0.2, 0) is 4.79 Å². The van der Waals surface area contributed by atoms with Gasteiger partial charge in [0, 0.05) is 11.3 Å². The average molecular weight is 178 g/mol. The van der Waals surface area contributed by atoms with Crippen LogP contribution in [0.3, 0.4) is 0 Å². The number of ketones is 1. The van der Waals surface area contributed by atoms with E-state index in [9.17, 15) is 4.79 Å². The van der Waals surface area contributed by atoms with Crippen LogP contribution in [0.15, 0.2) is 23.6 Å². The average Bonchev–Trinajstić information content (AvgIpc) is 2.56. The predicted molar refractivity (Wildman–Crippen MR) is 51.2 cm³/mol. The highest BCUT2D eigenvalue weighted by Gasteiger charge is 2.11. The Hall–Kier alpha value is -0.890. The Labute approximate surface area is 75.7 Å². The lowest BCUT2D eigenvalue weighted by Gasteiger charge is -2.09. The summed E-state index contributed by atoms with van der Waals surface area (Å²) in [5.41, 5.74) is 1.22. The van der Waals surface area contributed by atoms with Crippen molar-refractivity contribution >= 4 is 22.7 Å². The van der Waals surface area contributed by atoms with E-state index in [1.54, 1.807) is 17.4 Å². The second-order valence-electron chi connectivity index (χ2n) is 2.97. The molecule has 12 heavy (non-hydrogen) atoms. The standard InChI is InChI=1S/C10H10OS/c11-9-4-1-3-8(7-9)10-5-2-6-12-10/h2,5-7H,1,3-4H2. The van der Waals surface area contributed by atoms with Crippen molar-refractivity contribution in [1.29, 1.82) is 0 Å². The summed E-state index contributed by atoms with van der Waals surface area (Å²) in [4.78, 5) is 12.3. The molecule has 1 aliphatic carbocycles. The van der Waals surface area contributed by atoms with Crippen molar-refractivity contribution in [2.75, 3.05) is 0 Å². The molecule has 0 unspecified atom stereocenters. The van der Waals surface area contributed by atoms with E-state index in [2.05, 4.69) is 11.4 Å². The van der Waals surface area contributed by atoms with Gasteiger partial charge in [-0.15, -0.1) is 11.3 Å². The molecule has 0 aromatic carbocycles. The molecule has 1 aromatic rings. The molecule has 0 saturated heterocycles. The molecule has 2 rings (SSSR count). The molecule has 1 nitrogen and oxygen atoms in total. The minimum absolute atomic E-state index is 0.282. The molecule has 0 radical (unpaired) electrons. The van der Waals surface area contributed by atoms with Crippen molar-refractivity contribution < 1.29 is 4.79 Å². The Morgan fingerprint density at radius 3 is 2.92 bits per heavy atom. The summed E-state index contributed by atoms with van der Waals surface area (Å²) in [5.74, 6) is 0.282. The normalized spacial score (nSPS) is 17.7. The van der Waals surface area contributed by atoms with Gasteiger partial charge in [0.25, 0.3) is 0 Å². The van der Waals surface area contributed by atoms with E-state index < -0.39 is 0 Å². The fraction of sp³-hybridized carbons (Fsp3) is 0.300. The van der Waals surface area contributed by atoms with Crippen molar-refractivity contribution in [2.24, 2.45) is 0 Å². The number of carbonyl (C=O) groups is 1. The van der Waals surface area contributed by atoms with Gasteiger partial charge in [0.2, 0.25) is 0 Å². The number of carbonyl (C=O) groups excluding carboxylic acids is 1. The fourth-order valence-electron chi connectivity index (χ4n) is 1.45. The highest BCUT2D eigenvalue weighted by Crippen LogP contribution is 2.28. The van der Waals surface area contributed by atoms with Crippen molar-refractivity contribution in [3.8, 4) is 0 Å². The molecule has 1 aliphatic rings. The van der Waals surface area contributed by atoms with E-state index in [1.165, 1.54) is 10.5 Å². The van der Waals surface area contributed by atoms with Gasteiger partial charge in [-0.25, -0.2) is 0 Å². The van der Waals surface area contributed by atoms with Gasteiger partial charge in [-0.2, -0.15) is 0 Å². The van der Waals surface area contributed by atoms with E-state index in [1.807, 2.05) is 6.07 Å². The maximum Gasteiger partial charge on any atom is 0.156 e. The summed E-state index contributed by atoms with van der Waals surface area (Å²) in [7, 11) is 0. The molecule has 0 aliphatic heterocycles. The van der Waals surface area contributed by atoms with Crippen molar-refractivity contribution in [1.82, 2.24) is 0 Å². The molecule has 0 atom stereocenters. The highest BCUT2D eigenvalue weighted by atomic mass is 32.1. The summed E-state index contributed by atoms with van der Waals surface area (Å²) in [6.07, 6.45) is 4.61. The molecule has 1 heterocycles. The lowest BCUT2D eigenvalue weighted by molar-refractivity contribution is -0.114. The van der Waals surface area contributed by atoms with Crippen LogP contribution in [0.5, 0.6) is 0 Å². The first kappa shape index (κ1) is 7.74. The second kappa shape index (κ2) is 3.23. The van der Waals surface area contributed by atoms with E-state index in [0.29, 0.717) is 0 Å². The molecule has 0 bridgehead atoms. The van der Waals surface area contributed by atoms with E-state index in [0.717, 1.165) is 19.3 Å². The van der Waals surface area contributed by atoms with Crippen molar-refractivity contribution in [3.63, 3.8) is 0 Å². The third kappa shape index (κ3) is 1.48. The summed E-state index contributed by atoms with van der Waals surface area (Å²) in [5, 5.41) is 2.05. The Kier molecular flexibility index (Phi) is 2.09. The number of hydrogen-bond acceptors (Lipinski definition) is 2. The molecular formula is C10H10OS. The molecule has 0 fully saturated rings. The van der Waals surface area contributed by atoms with Crippen LogP contribution in [0.2, 0.25) is 0 Å². The molecule has 0 spiro atoms. The quantitative estimate of drug-likeness (QED) is 0.646. The largest absolute Gasteiger partial charge is 0.295 e. The molecule has 1 aromatic heterocycles. The van der Waals surface area contributed by atoms with Gasteiger partial charge < -0.3 is 0 Å². The number of thiophene rings is 1. The lowest BCUT2D eigenvalue weighted by atomic mass is 9.98. The number of allylic oxidation sites excluding steroid dienone is 2. The number of rotatable bonds is 1. The van der Waals surface area contributed by atoms with Gasteiger partial charge in [0.05, 0.1) is 0 Å². The topological polar surface area (TPSA) is 17.1 Å². The van der Waals surface area contributed by atoms with Crippen LogP contribution >= 0.6 is 11.3 Å². The van der Waals surface area contributed by atoms with Gasteiger partial charge >= 0.3 is 0 Å². The molecule has 2 heteroatoms. The van der Waals surface area contributed by atoms with E-state index >= 15 is 0 Å². The predicted octanol–water partition coefficient (Wildman–Crippen LogP) is 2.88. The first-order valence-electron chi connectivity index (χ1n) is 4.13. The van der Waals surface area contributed by atoms with E-state index in [-0.39, 0.29) is 5.78 Å². The SMILES string of the molecule is O=C1C=C(c2cccs2)CCC1. The zero-order valence-corrected chi connectivity index (χ0v) is 7.56. The zero-order chi connectivity index (χ0) is 8.39. The second-order valence-corrected chi connectivity index (χ2v) is 3.91. The van der Waals surface area contributed by atoms with Crippen LogP contribution in [-0.4, -0.2) is 5.78 Å². The Balaban J connectivity index is 2.29. The Morgan fingerprint density at radius 2 is 2.25 bits per heavy atom. The molecule has 0 N–H and O–H groups in total. The summed E-state index contributed by atoms with van der Waals surface area (Å²) in [6.45, 7) is 0. The smallest absolute Gasteiger partial charge is 0.156 e. The first-order chi connectivity index (χ1) is 5.86. The Bertz CT molecular complexity index is 309. The van der Waals surface area contributed by atoms with Gasteiger partial charge in [0.1, 0.15) is 0 Å². The van der Waals surface area contributed by atoms with Gasteiger partial charge in [-0.1, -0.05) is 6.07 Å². The molecule has 0 saturated carbocycles. The minimum Gasteiger partial charge on any atom is -0.295 e. The molecule has 62 valence electrons. The highest BCUT2D eigenvalue weighted by molar-refractivity contribution is 7.11. The summed E-state index contributed by atoms with van der Waals surface area (Å²) >= 11 is 1.71. The van der Waals surface area contributed by atoms with Crippen LogP contribution in [0.4, 0.5) is 0 Å². The van der Waals surface area contributed by atoms with Crippen LogP contribution in [0.25, 0.3) is 5.57 Å². The first-order valence-corrected chi connectivity index (χ1v) is 5.01. The number of hydrogen-bond donors (Lipinski definition) is 0. The summed E-state index contributed by atoms with van der Waals surface area (Å²) in [6, 6.07) is 4.11. The maximum absolute atomic E-state index is 11.1. The zero-order valence-electron chi connectivity index (χ0n) is 6.75. The monoisotopic (exact) mass is 178 g/mol. The van der Waals surface area contributed by atoms with Crippen LogP contribution in [0.1, 0.15) is 24.1 Å². The van der Waals surface area contributed by atoms with Gasteiger partial charge in [-0.3, -0.25) is 4.79 Å². The molecular weight excluding hydrogens is 168 g/mol.